The fourth-order valence-electron chi connectivity index (χ4n) is 1.10. The maximum absolute atomic E-state index is 13.5. The maximum atomic E-state index is 13.5. The van der Waals surface area contributed by atoms with Gasteiger partial charge in [0.05, 0.1) is 18.3 Å². The Morgan fingerprint density at radius 1 is 1.69 bits per heavy atom. The van der Waals surface area contributed by atoms with Gasteiger partial charge < -0.3 is 10.5 Å². The van der Waals surface area contributed by atoms with Gasteiger partial charge in [-0.1, -0.05) is 0 Å². The molecule has 1 heterocycles. The van der Waals surface area contributed by atoms with Crippen molar-refractivity contribution in [1.29, 1.82) is 0 Å². The molecule has 0 aliphatic heterocycles. The lowest BCUT2D eigenvalue weighted by Crippen LogP contribution is -2.32. The summed E-state index contributed by atoms with van der Waals surface area (Å²) >= 11 is 3.20. The zero-order chi connectivity index (χ0) is 12.1. The van der Waals surface area contributed by atoms with Gasteiger partial charge in [0.1, 0.15) is 0 Å². The molecular weight excluding hydrogens is 279 g/mol. The average Bonchev–Trinajstić information content (AvgIpc) is 2.28. The summed E-state index contributed by atoms with van der Waals surface area (Å²) < 4.78 is 18.8. The molecule has 0 radical (unpaired) electrons. The first kappa shape index (κ1) is 13.1. The number of hydrogen-bond acceptors (Lipinski definition) is 4. The predicted molar refractivity (Wildman–Crippen MR) is 60.4 cm³/mol. The molecule has 1 aromatic heterocycles. The molecule has 16 heavy (non-hydrogen) atoms. The van der Waals surface area contributed by atoms with Crippen molar-refractivity contribution in [3.8, 4) is 0 Å². The summed E-state index contributed by atoms with van der Waals surface area (Å²) in [4.78, 5) is 15.0. The molecule has 6 heteroatoms. The number of nitrogens with zero attached hydrogens (tertiary/aromatic N) is 1. The fraction of sp³-hybridized carbons (Fsp3) is 0.400. The molecule has 88 valence electrons. The third kappa shape index (κ3) is 3.24. The van der Waals surface area contributed by atoms with E-state index in [-0.39, 0.29) is 6.61 Å². The smallest absolute Gasteiger partial charge is 0.342 e. The zero-order valence-corrected chi connectivity index (χ0v) is 10.3. The Kier molecular flexibility index (Phi) is 4.82. The SMILES string of the molecule is CCOC(=O)C(F)[C@H](N)c1ccc(Br)cn1. The van der Waals surface area contributed by atoms with Gasteiger partial charge in [-0.2, -0.15) is 0 Å². The number of pyridine rings is 1. The third-order valence-corrected chi connectivity index (χ3v) is 2.39. The maximum Gasteiger partial charge on any atom is 0.342 e. The molecule has 0 aliphatic rings. The number of rotatable bonds is 4. The Balaban J connectivity index is 2.73. The molecule has 2 atom stereocenters. The minimum absolute atomic E-state index is 0.125. The molecule has 0 bridgehead atoms. The van der Waals surface area contributed by atoms with Gasteiger partial charge in [-0.3, -0.25) is 4.98 Å². The van der Waals surface area contributed by atoms with Crippen molar-refractivity contribution in [2.75, 3.05) is 6.61 Å². The van der Waals surface area contributed by atoms with Crippen LogP contribution >= 0.6 is 15.9 Å². The van der Waals surface area contributed by atoms with E-state index in [1.807, 2.05) is 0 Å². The highest BCUT2D eigenvalue weighted by Gasteiger charge is 2.28. The molecule has 1 aromatic rings. The lowest BCUT2D eigenvalue weighted by molar-refractivity contribution is -0.150. The number of halogens is 2. The Labute approximate surface area is 101 Å². The largest absolute Gasteiger partial charge is 0.464 e. The van der Waals surface area contributed by atoms with E-state index in [2.05, 4.69) is 25.7 Å². The topological polar surface area (TPSA) is 65.2 Å². The Bertz CT molecular complexity index is 358. The van der Waals surface area contributed by atoms with Gasteiger partial charge in [0.25, 0.3) is 0 Å². The van der Waals surface area contributed by atoms with Gasteiger partial charge in [-0.15, -0.1) is 0 Å². The second kappa shape index (κ2) is 5.91. The van der Waals surface area contributed by atoms with Crippen LogP contribution in [0, 0.1) is 0 Å². The van der Waals surface area contributed by atoms with Crippen molar-refractivity contribution in [2.45, 2.75) is 19.1 Å². The molecule has 1 unspecified atom stereocenters. The molecular formula is C10H12BrFN2O2. The summed E-state index contributed by atoms with van der Waals surface area (Å²) in [6.45, 7) is 1.73. The van der Waals surface area contributed by atoms with E-state index >= 15 is 0 Å². The summed E-state index contributed by atoms with van der Waals surface area (Å²) in [5, 5.41) is 0. The fourth-order valence-corrected chi connectivity index (χ4v) is 1.34. The normalized spacial score (nSPS) is 14.2. The second-order valence-corrected chi connectivity index (χ2v) is 4.00. The van der Waals surface area contributed by atoms with E-state index in [9.17, 15) is 9.18 Å². The number of ether oxygens (including phenoxy) is 1. The highest BCUT2D eigenvalue weighted by molar-refractivity contribution is 9.10. The molecule has 0 spiro atoms. The van der Waals surface area contributed by atoms with Crippen LogP contribution in [-0.4, -0.2) is 23.7 Å². The van der Waals surface area contributed by atoms with Crippen LogP contribution in [-0.2, 0) is 9.53 Å². The molecule has 0 amide bonds. The average molecular weight is 291 g/mol. The third-order valence-electron chi connectivity index (χ3n) is 1.92. The zero-order valence-electron chi connectivity index (χ0n) is 8.69. The van der Waals surface area contributed by atoms with Gasteiger partial charge in [-0.05, 0) is 35.0 Å². The van der Waals surface area contributed by atoms with Crippen LogP contribution in [0.25, 0.3) is 0 Å². The minimum Gasteiger partial charge on any atom is -0.464 e. The molecule has 2 N–H and O–H groups in total. The molecule has 0 saturated heterocycles. The number of nitrogens with two attached hydrogens (primary N) is 1. The van der Waals surface area contributed by atoms with Crippen molar-refractivity contribution in [1.82, 2.24) is 4.98 Å². The monoisotopic (exact) mass is 290 g/mol. The van der Waals surface area contributed by atoms with Gasteiger partial charge in [-0.25, -0.2) is 9.18 Å². The van der Waals surface area contributed by atoms with Gasteiger partial charge in [0.15, 0.2) is 0 Å². The van der Waals surface area contributed by atoms with E-state index in [4.69, 9.17) is 5.73 Å². The summed E-state index contributed by atoms with van der Waals surface area (Å²) in [5.41, 5.74) is 5.88. The standard InChI is InChI=1S/C10H12BrFN2O2/c1-2-16-10(15)8(12)9(13)7-4-3-6(11)5-14-7/h3-5,8-9H,2,13H2,1H3/t8?,9-/m1/s1. The van der Waals surface area contributed by atoms with Crippen LogP contribution in [0.15, 0.2) is 22.8 Å². The Hall–Kier alpha value is -1.01. The van der Waals surface area contributed by atoms with Crippen molar-refractivity contribution in [2.24, 2.45) is 5.73 Å². The summed E-state index contributed by atoms with van der Waals surface area (Å²) in [5.74, 6) is -0.959. The lowest BCUT2D eigenvalue weighted by atomic mass is 10.1. The van der Waals surface area contributed by atoms with E-state index in [1.54, 1.807) is 19.1 Å². The highest BCUT2D eigenvalue weighted by Crippen LogP contribution is 2.17. The highest BCUT2D eigenvalue weighted by atomic mass is 79.9. The Morgan fingerprint density at radius 3 is 2.88 bits per heavy atom. The summed E-state index contributed by atoms with van der Waals surface area (Å²) in [6, 6.07) is 2.13. The first-order valence-electron chi connectivity index (χ1n) is 4.74. The molecule has 1 rings (SSSR count). The quantitative estimate of drug-likeness (QED) is 0.858. The number of alkyl halides is 1. The predicted octanol–water partition coefficient (Wildman–Crippen LogP) is 1.75. The van der Waals surface area contributed by atoms with Crippen molar-refractivity contribution < 1.29 is 13.9 Å². The van der Waals surface area contributed by atoms with Gasteiger partial charge in [0.2, 0.25) is 6.17 Å². The number of esters is 1. The van der Waals surface area contributed by atoms with E-state index in [0.717, 1.165) is 4.47 Å². The van der Waals surface area contributed by atoms with Gasteiger partial charge >= 0.3 is 5.97 Å². The molecule has 4 nitrogen and oxygen atoms in total. The van der Waals surface area contributed by atoms with Crippen LogP contribution < -0.4 is 5.73 Å². The number of aromatic nitrogens is 1. The Morgan fingerprint density at radius 2 is 2.38 bits per heavy atom. The van der Waals surface area contributed by atoms with Crippen LogP contribution in [0.2, 0.25) is 0 Å². The van der Waals surface area contributed by atoms with Crippen molar-refractivity contribution in [3.05, 3.63) is 28.5 Å². The molecule has 0 saturated carbocycles. The molecule has 0 aliphatic carbocycles. The minimum atomic E-state index is -1.89. The van der Waals surface area contributed by atoms with Gasteiger partial charge in [0, 0.05) is 10.7 Å². The summed E-state index contributed by atoms with van der Waals surface area (Å²) in [7, 11) is 0. The van der Waals surface area contributed by atoms with Crippen molar-refractivity contribution >= 4 is 21.9 Å². The molecule has 0 aromatic carbocycles. The number of carbonyl (C=O) groups is 1. The second-order valence-electron chi connectivity index (χ2n) is 3.08. The number of carbonyl (C=O) groups excluding carboxylic acids is 1. The first-order chi connectivity index (χ1) is 7.56. The summed E-state index contributed by atoms with van der Waals surface area (Å²) in [6.07, 6.45) is -0.402. The number of hydrogen-bond donors (Lipinski definition) is 1. The van der Waals surface area contributed by atoms with E-state index < -0.39 is 18.2 Å². The van der Waals surface area contributed by atoms with Crippen LogP contribution in [0.5, 0.6) is 0 Å². The lowest BCUT2D eigenvalue weighted by Gasteiger charge is -2.14. The molecule has 0 fully saturated rings. The van der Waals surface area contributed by atoms with Crippen LogP contribution in [0.1, 0.15) is 18.7 Å². The van der Waals surface area contributed by atoms with E-state index in [1.165, 1.54) is 6.20 Å². The van der Waals surface area contributed by atoms with E-state index in [0.29, 0.717) is 5.69 Å². The van der Waals surface area contributed by atoms with Crippen LogP contribution in [0.4, 0.5) is 4.39 Å². The van der Waals surface area contributed by atoms with Crippen molar-refractivity contribution in [3.63, 3.8) is 0 Å². The first-order valence-corrected chi connectivity index (χ1v) is 5.53. The van der Waals surface area contributed by atoms with Crippen LogP contribution in [0.3, 0.4) is 0 Å².